The lowest BCUT2D eigenvalue weighted by atomic mass is 10.4. The first-order valence-corrected chi connectivity index (χ1v) is 5.42. The fourth-order valence-corrected chi connectivity index (χ4v) is 1.17. The number of likely N-dealkylation sites (N-methyl/N-ethyl adjacent to an activating group) is 1. The second-order valence-corrected chi connectivity index (χ2v) is 3.45. The Bertz CT molecular complexity index is 173. The average molecular weight is 216 g/mol. The molecule has 0 bridgehead atoms. The number of guanidine groups is 1. The van der Waals surface area contributed by atoms with Crippen molar-refractivity contribution in [3.8, 4) is 0 Å². The molecule has 0 spiro atoms. The molecule has 3 N–H and O–H groups in total. The Morgan fingerprint density at radius 3 is 2.80 bits per heavy atom. The Morgan fingerprint density at radius 2 is 2.20 bits per heavy atom. The van der Waals surface area contributed by atoms with Gasteiger partial charge in [-0.1, -0.05) is 0 Å². The number of nitrogens with two attached hydrogens (primary N) is 1. The van der Waals surface area contributed by atoms with Crippen LogP contribution in [-0.2, 0) is 4.74 Å². The van der Waals surface area contributed by atoms with Gasteiger partial charge in [0.25, 0.3) is 0 Å². The maximum atomic E-state index is 5.59. The van der Waals surface area contributed by atoms with Crippen LogP contribution >= 0.6 is 0 Å². The highest BCUT2D eigenvalue weighted by molar-refractivity contribution is 5.77. The third-order valence-electron chi connectivity index (χ3n) is 2.01. The highest BCUT2D eigenvalue weighted by Crippen LogP contribution is 1.87. The standard InChI is InChI=1S/C10H24N4O/c1-4-12-10(11)13-6-8-14(2)7-5-9-15-3/h4-9H2,1-3H3,(H3,11,12,13). The van der Waals surface area contributed by atoms with E-state index in [4.69, 9.17) is 10.5 Å². The van der Waals surface area contributed by atoms with Gasteiger partial charge >= 0.3 is 0 Å². The summed E-state index contributed by atoms with van der Waals surface area (Å²) < 4.78 is 4.98. The first kappa shape index (κ1) is 14.2. The van der Waals surface area contributed by atoms with Crippen LogP contribution in [0.5, 0.6) is 0 Å². The average Bonchev–Trinajstić information content (AvgIpc) is 2.18. The van der Waals surface area contributed by atoms with E-state index in [1.807, 2.05) is 6.92 Å². The molecule has 0 aromatic heterocycles. The van der Waals surface area contributed by atoms with E-state index < -0.39 is 0 Å². The lowest BCUT2D eigenvalue weighted by molar-refractivity contribution is 0.180. The van der Waals surface area contributed by atoms with Crippen LogP contribution in [-0.4, -0.2) is 57.8 Å². The number of nitrogens with one attached hydrogen (secondary N) is 1. The van der Waals surface area contributed by atoms with Gasteiger partial charge in [-0.2, -0.15) is 0 Å². The summed E-state index contributed by atoms with van der Waals surface area (Å²) in [5, 5.41) is 2.96. The molecular weight excluding hydrogens is 192 g/mol. The zero-order valence-electron chi connectivity index (χ0n) is 10.1. The van der Waals surface area contributed by atoms with Crippen molar-refractivity contribution < 1.29 is 4.74 Å². The number of rotatable bonds is 8. The summed E-state index contributed by atoms with van der Waals surface area (Å²) in [5.41, 5.74) is 5.59. The summed E-state index contributed by atoms with van der Waals surface area (Å²) in [5.74, 6) is 0.530. The molecule has 0 atom stereocenters. The molecule has 0 aromatic rings. The Hall–Kier alpha value is -0.810. The normalized spacial score (nSPS) is 12.1. The Kier molecular flexibility index (Phi) is 9.21. The van der Waals surface area contributed by atoms with Crippen LogP contribution in [0.25, 0.3) is 0 Å². The minimum Gasteiger partial charge on any atom is -0.385 e. The SMILES string of the molecule is CCNC(N)=NCCN(C)CCCOC. The highest BCUT2D eigenvalue weighted by atomic mass is 16.5. The molecule has 0 rings (SSSR count). The lowest BCUT2D eigenvalue weighted by Crippen LogP contribution is -2.32. The summed E-state index contributed by atoms with van der Waals surface area (Å²) in [4.78, 5) is 6.42. The molecule has 0 heterocycles. The topological polar surface area (TPSA) is 62.9 Å². The Morgan fingerprint density at radius 1 is 1.47 bits per heavy atom. The first-order valence-electron chi connectivity index (χ1n) is 5.42. The van der Waals surface area contributed by atoms with Crippen molar-refractivity contribution in [3.63, 3.8) is 0 Å². The van der Waals surface area contributed by atoms with E-state index in [0.717, 1.165) is 39.2 Å². The van der Waals surface area contributed by atoms with Crippen LogP contribution < -0.4 is 11.1 Å². The summed E-state index contributed by atoms with van der Waals surface area (Å²) in [6.07, 6.45) is 1.05. The number of nitrogens with zero attached hydrogens (tertiary/aromatic N) is 2. The van der Waals surface area contributed by atoms with Gasteiger partial charge < -0.3 is 20.7 Å². The minimum atomic E-state index is 0.530. The second kappa shape index (κ2) is 9.73. The Labute approximate surface area is 92.7 Å². The molecule has 0 amide bonds. The van der Waals surface area contributed by atoms with Gasteiger partial charge in [0, 0.05) is 33.4 Å². The van der Waals surface area contributed by atoms with Gasteiger partial charge in [-0.15, -0.1) is 0 Å². The number of hydrogen-bond donors (Lipinski definition) is 2. The summed E-state index contributed by atoms with van der Waals surface area (Å²) in [6.45, 7) is 6.33. The van der Waals surface area contributed by atoms with E-state index in [1.54, 1.807) is 7.11 Å². The smallest absolute Gasteiger partial charge is 0.188 e. The third kappa shape index (κ3) is 9.49. The predicted molar refractivity (Wildman–Crippen MR) is 64.2 cm³/mol. The largest absolute Gasteiger partial charge is 0.385 e. The van der Waals surface area contributed by atoms with E-state index >= 15 is 0 Å². The maximum absolute atomic E-state index is 5.59. The van der Waals surface area contributed by atoms with E-state index in [0.29, 0.717) is 5.96 Å². The van der Waals surface area contributed by atoms with E-state index in [9.17, 15) is 0 Å². The van der Waals surface area contributed by atoms with Gasteiger partial charge in [-0.25, -0.2) is 0 Å². The van der Waals surface area contributed by atoms with Crippen molar-refractivity contribution in [1.29, 1.82) is 0 Å². The fourth-order valence-electron chi connectivity index (χ4n) is 1.17. The minimum absolute atomic E-state index is 0.530. The van der Waals surface area contributed by atoms with Gasteiger partial charge in [0.2, 0.25) is 0 Å². The zero-order chi connectivity index (χ0) is 11.5. The molecule has 0 radical (unpaired) electrons. The highest BCUT2D eigenvalue weighted by Gasteiger charge is 1.96. The maximum Gasteiger partial charge on any atom is 0.188 e. The number of hydrogen-bond acceptors (Lipinski definition) is 3. The van der Waals surface area contributed by atoms with Gasteiger partial charge in [0.05, 0.1) is 6.54 Å². The van der Waals surface area contributed by atoms with Crippen molar-refractivity contribution >= 4 is 5.96 Å². The molecule has 0 fully saturated rings. The molecule has 0 unspecified atom stereocenters. The van der Waals surface area contributed by atoms with Crippen LogP contribution in [0.15, 0.2) is 4.99 Å². The van der Waals surface area contributed by atoms with Crippen molar-refractivity contribution in [2.75, 3.05) is 46.9 Å². The molecule has 0 aliphatic heterocycles. The summed E-state index contributed by atoms with van der Waals surface area (Å²) in [6, 6.07) is 0. The van der Waals surface area contributed by atoms with E-state index in [-0.39, 0.29) is 0 Å². The number of ether oxygens (including phenoxy) is 1. The fraction of sp³-hybridized carbons (Fsp3) is 0.900. The molecule has 0 aliphatic carbocycles. The van der Waals surface area contributed by atoms with Gasteiger partial charge in [0.15, 0.2) is 5.96 Å². The number of methoxy groups -OCH3 is 1. The molecule has 0 saturated carbocycles. The molecular formula is C10H24N4O. The second-order valence-electron chi connectivity index (χ2n) is 3.45. The zero-order valence-corrected chi connectivity index (χ0v) is 10.1. The third-order valence-corrected chi connectivity index (χ3v) is 2.01. The molecule has 5 nitrogen and oxygen atoms in total. The van der Waals surface area contributed by atoms with Crippen molar-refractivity contribution in [2.45, 2.75) is 13.3 Å². The predicted octanol–water partition coefficient (Wildman–Crippen LogP) is -0.121. The first-order chi connectivity index (χ1) is 7.20. The molecule has 0 aliphatic rings. The van der Waals surface area contributed by atoms with Crippen LogP contribution in [0.2, 0.25) is 0 Å². The quantitative estimate of drug-likeness (QED) is 0.337. The lowest BCUT2D eigenvalue weighted by Gasteiger charge is -2.14. The van der Waals surface area contributed by atoms with Gasteiger partial charge in [-0.3, -0.25) is 4.99 Å². The molecule has 90 valence electrons. The van der Waals surface area contributed by atoms with Gasteiger partial charge in [-0.05, 0) is 20.4 Å². The molecule has 0 aromatic carbocycles. The van der Waals surface area contributed by atoms with Crippen molar-refractivity contribution in [1.82, 2.24) is 10.2 Å². The van der Waals surface area contributed by atoms with Gasteiger partial charge in [0.1, 0.15) is 0 Å². The van der Waals surface area contributed by atoms with Crippen LogP contribution in [0.4, 0.5) is 0 Å². The monoisotopic (exact) mass is 216 g/mol. The Balaban J connectivity index is 3.44. The van der Waals surface area contributed by atoms with E-state index in [1.165, 1.54) is 0 Å². The van der Waals surface area contributed by atoms with Crippen molar-refractivity contribution in [2.24, 2.45) is 10.7 Å². The van der Waals surface area contributed by atoms with Crippen LogP contribution in [0.3, 0.4) is 0 Å². The molecule has 5 heteroatoms. The van der Waals surface area contributed by atoms with Crippen LogP contribution in [0, 0.1) is 0 Å². The summed E-state index contributed by atoms with van der Waals surface area (Å²) in [7, 11) is 3.80. The summed E-state index contributed by atoms with van der Waals surface area (Å²) >= 11 is 0. The number of aliphatic imine (C=N–C) groups is 1. The van der Waals surface area contributed by atoms with Crippen LogP contribution in [0.1, 0.15) is 13.3 Å². The molecule has 0 saturated heterocycles. The van der Waals surface area contributed by atoms with E-state index in [2.05, 4.69) is 22.3 Å². The molecule has 15 heavy (non-hydrogen) atoms. The van der Waals surface area contributed by atoms with Crippen molar-refractivity contribution in [3.05, 3.63) is 0 Å².